The molecule has 0 aliphatic heterocycles. The molecule has 0 heterocycles. The van der Waals surface area contributed by atoms with Crippen LogP contribution in [-0.4, -0.2) is 19.7 Å². The van der Waals surface area contributed by atoms with Crippen LogP contribution in [0.2, 0.25) is 5.02 Å². The molecule has 0 unspecified atom stereocenters. The highest BCUT2D eigenvalue weighted by atomic mass is 35.5. The van der Waals surface area contributed by atoms with Gasteiger partial charge in [0.25, 0.3) is 0 Å². The Morgan fingerprint density at radius 2 is 1.90 bits per heavy atom. The maximum atomic E-state index is 11.8. The second-order valence-corrected chi connectivity index (χ2v) is 5.03. The van der Waals surface area contributed by atoms with Crippen LogP contribution in [0.15, 0.2) is 48.5 Å². The van der Waals surface area contributed by atoms with Crippen LogP contribution in [0.4, 0.5) is 0 Å². The summed E-state index contributed by atoms with van der Waals surface area (Å²) in [7, 11) is 1.64. The van der Waals surface area contributed by atoms with Gasteiger partial charge < -0.3 is 9.47 Å². The largest absolute Gasteiger partial charge is 0.497 e. The van der Waals surface area contributed by atoms with Crippen molar-refractivity contribution in [3.63, 3.8) is 0 Å². The topological polar surface area (TPSA) is 35.5 Å². The van der Waals surface area contributed by atoms with Crippen molar-refractivity contribution in [1.29, 1.82) is 0 Å². The lowest BCUT2D eigenvalue weighted by Gasteiger charge is -2.06. The van der Waals surface area contributed by atoms with Gasteiger partial charge in [-0.15, -0.1) is 0 Å². The zero-order valence-electron chi connectivity index (χ0n) is 11.8. The Labute approximate surface area is 129 Å². The fraction of sp³-hybridized carbons (Fsp3) is 0.235. The fourth-order valence-corrected chi connectivity index (χ4v) is 2.12. The molecule has 4 heteroatoms. The standard InChI is InChI=1S/C17H17ClO3/c1-20-16-9-7-13(8-10-16)4-3-11-21-17(19)14-5-2-6-15(18)12-14/h2,5-10,12H,3-4,11H2,1H3. The van der Waals surface area contributed by atoms with Crippen molar-refractivity contribution in [2.24, 2.45) is 0 Å². The second-order valence-electron chi connectivity index (χ2n) is 4.60. The number of benzene rings is 2. The molecular formula is C17H17ClO3. The molecule has 0 amide bonds. The van der Waals surface area contributed by atoms with Crippen molar-refractivity contribution in [3.05, 3.63) is 64.7 Å². The number of carbonyl (C=O) groups excluding carboxylic acids is 1. The number of rotatable bonds is 6. The molecular weight excluding hydrogens is 288 g/mol. The fourth-order valence-electron chi connectivity index (χ4n) is 1.93. The number of aryl methyl sites for hydroxylation is 1. The number of esters is 1. The number of halogens is 1. The van der Waals surface area contributed by atoms with Gasteiger partial charge in [0.2, 0.25) is 0 Å². The molecule has 110 valence electrons. The zero-order chi connectivity index (χ0) is 15.1. The van der Waals surface area contributed by atoms with E-state index in [0.717, 1.165) is 18.6 Å². The molecule has 21 heavy (non-hydrogen) atoms. The van der Waals surface area contributed by atoms with Crippen LogP contribution in [0.5, 0.6) is 5.75 Å². The summed E-state index contributed by atoms with van der Waals surface area (Å²) in [5.74, 6) is 0.498. The first-order chi connectivity index (χ1) is 10.2. The summed E-state index contributed by atoms with van der Waals surface area (Å²) in [4.78, 5) is 11.8. The lowest BCUT2D eigenvalue weighted by atomic mass is 10.1. The Morgan fingerprint density at radius 1 is 1.14 bits per heavy atom. The summed E-state index contributed by atoms with van der Waals surface area (Å²) >= 11 is 5.84. The molecule has 0 radical (unpaired) electrons. The molecule has 2 rings (SSSR count). The first kappa shape index (κ1) is 15.4. The van der Waals surface area contributed by atoms with Gasteiger partial charge in [0.05, 0.1) is 19.3 Å². The van der Waals surface area contributed by atoms with E-state index >= 15 is 0 Å². The van der Waals surface area contributed by atoms with E-state index in [2.05, 4.69) is 0 Å². The predicted molar refractivity (Wildman–Crippen MR) is 83.0 cm³/mol. The van der Waals surface area contributed by atoms with Crippen LogP contribution in [0.3, 0.4) is 0 Å². The quantitative estimate of drug-likeness (QED) is 0.594. The molecule has 0 fully saturated rings. The van der Waals surface area contributed by atoms with E-state index in [0.29, 0.717) is 17.2 Å². The lowest BCUT2D eigenvalue weighted by molar-refractivity contribution is 0.0500. The van der Waals surface area contributed by atoms with E-state index in [1.54, 1.807) is 31.4 Å². The van der Waals surface area contributed by atoms with Gasteiger partial charge in [0.15, 0.2) is 0 Å². The Balaban J connectivity index is 1.75. The molecule has 2 aromatic rings. The number of ether oxygens (including phenoxy) is 2. The molecule has 0 aliphatic carbocycles. The molecule has 0 saturated heterocycles. The molecule has 0 spiro atoms. The Kier molecular flexibility index (Phi) is 5.64. The molecule has 0 atom stereocenters. The van der Waals surface area contributed by atoms with E-state index < -0.39 is 0 Å². The summed E-state index contributed by atoms with van der Waals surface area (Å²) in [6.45, 7) is 0.386. The average Bonchev–Trinajstić information content (AvgIpc) is 2.52. The SMILES string of the molecule is COc1ccc(CCCOC(=O)c2cccc(Cl)c2)cc1. The summed E-state index contributed by atoms with van der Waals surface area (Å²) < 4.78 is 10.3. The second kappa shape index (κ2) is 7.70. The molecule has 0 aliphatic rings. The van der Waals surface area contributed by atoms with Crippen molar-refractivity contribution in [3.8, 4) is 5.75 Å². The van der Waals surface area contributed by atoms with Crippen molar-refractivity contribution >= 4 is 17.6 Å². The van der Waals surface area contributed by atoms with Crippen LogP contribution in [0.25, 0.3) is 0 Å². The van der Waals surface area contributed by atoms with Gasteiger partial charge in [-0.2, -0.15) is 0 Å². The van der Waals surface area contributed by atoms with Gasteiger partial charge >= 0.3 is 5.97 Å². The molecule has 3 nitrogen and oxygen atoms in total. The van der Waals surface area contributed by atoms with Gasteiger partial charge in [-0.05, 0) is 48.7 Å². The van der Waals surface area contributed by atoms with E-state index in [4.69, 9.17) is 21.1 Å². The first-order valence-electron chi connectivity index (χ1n) is 6.74. The van der Waals surface area contributed by atoms with Gasteiger partial charge in [-0.1, -0.05) is 29.8 Å². The minimum atomic E-state index is -0.341. The highest BCUT2D eigenvalue weighted by molar-refractivity contribution is 6.30. The van der Waals surface area contributed by atoms with Crippen LogP contribution in [0.1, 0.15) is 22.3 Å². The van der Waals surface area contributed by atoms with E-state index in [9.17, 15) is 4.79 Å². The number of carbonyl (C=O) groups is 1. The minimum absolute atomic E-state index is 0.341. The van der Waals surface area contributed by atoms with Crippen LogP contribution in [0, 0.1) is 0 Å². The molecule has 0 N–H and O–H groups in total. The molecule has 0 saturated carbocycles. The molecule has 2 aromatic carbocycles. The summed E-state index contributed by atoms with van der Waals surface area (Å²) in [5.41, 5.74) is 1.67. The van der Waals surface area contributed by atoms with Crippen LogP contribution < -0.4 is 4.74 Å². The Bertz CT molecular complexity index is 593. The summed E-state index contributed by atoms with van der Waals surface area (Å²) in [6, 6.07) is 14.6. The Hall–Kier alpha value is -2.00. The summed E-state index contributed by atoms with van der Waals surface area (Å²) in [6.07, 6.45) is 1.63. The monoisotopic (exact) mass is 304 g/mol. The first-order valence-corrected chi connectivity index (χ1v) is 7.12. The highest BCUT2D eigenvalue weighted by Crippen LogP contribution is 2.14. The van der Waals surface area contributed by atoms with Gasteiger partial charge in [0.1, 0.15) is 5.75 Å². The predicted octanol–water partition coefficient (Wildman–Crippen LogP) is 4.14. The number of methoxy groups -OCH3 is 1. The van der Waals surface area contributed by atoms with Gasteiger partial charge in [0, 0.05) is 5.02 Å². The van der Waals surface area contributed by atoms with Crippen LogP contribution in [-0.2, 0) is 11.2 Å². The smallest absolute Gasteiger partial charge is 0.338 e. The number of hydrogen-bond acceptors (Lipinski definition) is 3. The third-order valence-corrected chi connectivity index (χ3v) is 3.30. The van der Waals surface area contributed by atoms with E-state index in [-0.39, 0.29) is 5.97 Å². The molecule has 0 aromatic heterocycles. The van der Waals surface area contributed by atoms with Gasteiger partial charge in [-0.25, -0.2) is 4.79 Å². The third kappa shape index (κ3) is 4.80. The normalized spacial score (nSPS) is 10.2. The van der Waals surface area contributed by atoms with E-state index in [1.165, 1.54) is 5.56 Å². The maximum absolute atomic E-state index is 11.8. The van der Waals surface area contributed by atoms with E-state index in [1.807, 2.05) is 24.3 Å². The highest BCUT2D eigenvalue weighted by Gasteiger charge is 2.07. The third-order valence-electron chi connectivity index (χ3n) is 3.06. The summed E-state index contributed by atoms with van der Waals surface area (Å²) in [5, 5.41) is 0.530. The lowest BCUT2D eigenvalue weighted by Crippen LogP contribution is -2.07. The Morgan fingerprint density at radius 3 is 2.57 bits per heavy atom. The number of hydrogen-bond donors (Lipinski definition) is 0. The average molecular weight is 305 g/mol. The van der Waals surface area contributed by atoms with Crippen molar-refractivity contribution in [2.75, 3.05) is 13.7 Å². The zero-order valence-corrected chi connectivity index (χ0v) is 12.6. The van der Waals surface area contributed by atoms with Gasteiger partial charge in [-0.3, -0.25) is 0 Å². The minimum Gasteiger partial charge on any atom is -0.497 e. The van der Waals surface area contributed by atoms with Crippen molar-refractivity contribution in [2.45, 2.75) is 12.8 Å². The van der Waals surface area contributed by atoms with Crippen molar-refractivity contribution in [1.82, 2.24) is 0 Å². The van der Waals surface area contributed by atoms with Crippen LogP contribution >= 0.6 is 11.6 Å². The maximum Gasteiger partial charge on any atom is 0.338 e. The molecule has 0 bridgehead atoms. The van der Waals surface area contributed by atoms with Crippen molar-refractivity contribution < 1.29 is 14.3 Å².